The van der Waals surface area contributed by atoms with Gasteiger partial charge in [-0.05, 0) is 38.3 Å². The SMILES string of the molecule is Cc1noc(C2CCN(C(=O)NCc3ccco3)CCN2C(=O)C2CCCC2)n1. The summed E-state index contributed by atoms with van der Waals surface area (Å²) >= 11 is 0. The molecule has 1 aliphatic carbocycles. The molecule has 2 fully saturated rings. The van der Waals surface area contributed by atoms with Gasteiger partial charge in [-0.1, -0.05) is 18.0 Å². The van der Waals surface area contributed by atoms with E-state index in [-0.39, 0.29) is 23.9 Å². The summed E-state index contributed by atoms with van der Waals surface area (Å²) in [6.07, 6.45) is 6.19. The molecule has 9 heteroatoms. The first kappa shape index (κ1) is 19.5. The summed E-state index contributed by atoms with van der Waals surface area (Å²) in [5.74, 6) is 1.89. The minimum absolute atomic E-state index is 0.0563. The van der Waals surface area contributed by atoms with Crippen molar-refractivity contribution in [3.05, 3.63) is 35.9 Å². The summed E-state index contributed by atoms with van der Waals surface area (Å²) in [6.45, 7) is 3.52. The molecule has 29 heavy (non-hydrogen) atoms. The molecule has 1 unspecified atom stereocenters. The van der Waals surface area contributed by atoms with Gasteiger partial charge in [0.05, 0.1) is 12.8 Å². The Morgan fingerprint density at radius 3 is 2.72 bits per heavy atom. The van der Waals surface area contributed by atoms with Gasteiger partial charge in [-0.25, -0.2) is 4.79 Å². The van der Waals surface area contributed by atoms with Gasteiger partial charge in [-0.15, -0.1) is 0 Å². The van der Waals surface area contributed by atoms with E-state index in [1.165, 1.54) is 0 Å². The second-order valence-corrected chi connectivity index (χ2v) is 7.72. The van der Waals surface area contributed by atoms with Gasteiger partial charge in [-0.3, -0.25) is 4.79 Å². The van der Waals surface area contributed by atoms with Gasteiger partial charge >= 0.3 is 6.03 Å². The van der Waals surface area contributed by atoms with Crippen LogP contribution in [-0.2, 0) is 11.3 Å². The van der Waals surface area contributed by atoms with Crippen molar-refractivity contribution in [2.75, 3.05) is 19.6 Å². The van der Waals surface area contributed by atoms with Gasteiger partial charge in [0.2, 0.25) is 11.8 Å². The number of nitrogens with zero attached hydrogens (tertiary/aromatic N) is 4. The highest BCUT2D eigenvalue weighted by atomic mass is 16.5. The lowest BCUT2D eigenvalue weighted by atomic mass is 10.0. The van der Waals surface area contributed by atoms with E-state index < -0.39 is 0 Å². The fourth-order valence-electron chi connectivity index (χ4n) is 4.20. The van der Waals surface area contributed by atoms with Crippen molar-refractivity contribution in [3.63, 3.8) is 0 Å². The fourth-order valence-corrected chi connectivity index (χ4v) is 4.20. The summed E-state index contributed by atoms with van der Waals surface area (Å²) in [4.78, 5) is 33.8. The molecule has 0 bridgehead atoms. The van der Waals surface area contributed by atoms with Crippen molar-refractivity contribution >= 4 is 11.9 Å². The van der Waals surface area contributed by atoms with Crippen molar-refractivity contribution in [2.45, 2.75) is 51.6 Å². The quantitative estimate of drug-likeness (QED) is 0.844. The smallest absolute Gasteiger partial charge is 0.317 e. The number of aryl methyl sites for hydroxylation is 1. The number of hydrogen-bond donors (Lipinski definition) is 1. The van der Waals surface area contributed by atoms with Crippen LogP contribution in [0.4, 0.5) is 4.79 Å². The maximum atomic E-state index is 13.2. The van der Waals surface area contributed by atoms with Gasteiger partial charge in [0.1, 0.15) is 11.8 Å². The standard InChI is InChI=1S/C20H27N5O4/c1-14-22-18(29-23-14)17-8-9-24(20(27)21-13-16-7-4-12-28-16)10-11-25(17)19(26)15-5-2-3-6-15/h4,7,12,15,17H,2-3,5-6,8-11,13H2,1H3,(H,21,27). The van der Waals surface area contributed by atoms with Crippen LogP contribution in [0, 0.1) is 12.8 Å². The predicted molar refractivity (Wildman–Crippen MR) is 103 cm³/mol. The first-order valence-electron chi connectivity index (χ1n) is 10.3. The Bertz CT molecular complexity index is 828. The van der Waals surface area contributed by atoms with E-state index in [4.69, 9.17) is 8.94 Å². The predicted octanol–water partition coefficient (Wildman–Crippen LogP) is 2.65. The normalized spacial score (nSPS) is 20.7. The van der Waals surface area contributed by atoms with Crippen LogP contribution in [0.3, 0.4) is 0 Å². The van der Waals surface area contributed by atoms with E-state index in [9.17, 15) is 9.59 Å². The topological polar surface area (TPSA) is 105 Å². The minimum atomic E-state index is -0.299. The molecule has 2 aliphatic rings. The summed E-state index contributed by atoms with van der Waals surface area (Å²) < 4.78 is 10.7. The molecule has 1 saturated carbocycles. The number of rotatable bonds is 4. The van der Waals surface area contributed by atoms with Crippen LogP contribution in [0.25, 0.3) is 0 Å². The molecule has 2 aromatic rings. The lowest BCUT2D eigenvalue weighted by molar-refractivity contribution is -0.138. The Morgan fingerprint density at radius 2 is 2.03 bits per heavy atom. The molecule has 3 amide bonds. The molecule has 1 aliphatic heterocycles. The zero-order valence-corrected chi connectivity index (χ0v) is 16.7. The van der Waals surface area contributed by atoms with Crippen LogP contribution in [0.15, 0.2) is 27.3 Å². The van der Waals surface area contributed by atoms with E-state index in [0.29, 0.717) is 50.1 Å². The number of hydrogen-bond acceptors (Lipinski definition) is 6. The van der Waals surface area contributed by atoms with Crippen LogP contribution >= 0.6 is 0 Å². The van der Waals surface area contributed by atoms with E-state index in [2.05, 4.69) is 15.5 Å². The minimum Gasteiger partial charge on any atom is -0.467 e. The molecule has 0 spiro atoms. The van der Waals surface area contributed by atoms with E-state index in [1.54, 1.807) is 24.2 Å². The number of aromatic nitrogens is 2. The van der Waals surface area contributed by atoms with Crippen molar-refractivity contribution in [3.8, 4) is 0 Å². The first-order chi connectivity index (χ1) is 14.1. The summed E-state index contributed by atoms with van der Waals surface area (Å²) in [5.41, 5.74) is 0. The highest BCUT2D eigenvalue weighted by Gasteiger charge is 2.37. The van der Waals surface area contributed by atoms with Gasteiger partial charge in [0.15, 0.2) is 5.82 Å². The van der Waals surface area contributed by atoms with Gasteiger partial charge in [0.25, 0.3) is 0 Å². The lowest BCUT2D eigenvalue weighted by Crippen LogP contribution is -2.43. The third-order valence-electron chi connectivity index (χ3n) is 5.76. The van der Waals surface area contributed by atoms with Crippen LogP contribution in [-0.4, -0.2) is 51.5 Å². The summed E-state index contributed by atoms with van der Waals surface area (Å²) in [6, 6.07) is 3.14. The Kier molecular flexibility index (Phi) is 5.82. The Labute approximate surface area is 169 Å². The zero-order chi connectivity index (χ0) is 20.2. The van der Waals surface area contributed by atoms with Crippen molar-refractivity contribution in [1.29, 1.82) is 0 Å². The number of urea groups is 1. The van der Waals surface area contributed by atoms with Gasteiger partial charge < -0.3 is 24.1 Å². The maximum absolute atomic E-state index is 13.2. The average molecular weight is 401 g/mol. The van der Waals surface area contributed by atoms with E-state index in [0.717, 1.165) is 25.7 Å². The van der Waals surface area contributed by atoms with Gasteiger partial charge in [-0.2, -0.15) is 4.98 Å². The number of furan rings is 1. The molecular weight excluding hydrogens is 374 g/mol. The third kappa shape index (κ3) is 4.44. The highest BCUT2D eigenvalue weighted by Crippen LogP contribution is 2.32. The second kappa shape index (κ2) is 8.67. The highest BCUT2D eigenvalue weighted by molar-refractivity contribution is 5.80. The third-order valence-corrected chi connectivity index (χ3v) is 5.76. The van der Waals surface area contributed by atoms with Crippen molar-refractivity contribution in [2.24, 2.45) is 5.92 Å². The molecule has 4 rings (SSSR count). The summed E-state index contributed by atoms with van der Waals surface area (Å²) in [5, 5.41) is 6.78. The average Bonchev–Trinajstić information content (AvgIpc) is 3.47. The van der Waals surface area contributed by atoms with Crippen LogP contribution < -0.4 is 5.32 Å². The Hall–Kier alpha value is -2.84. The number of carbonyl (C=O) groups excluding carboxylic acids is 2. The zero-order valence-electron chi connectivity index (χ0n) is 16.7. The molecule has 1 saturated heterocycles. The molecule has 9 nitrogen and oxygen atoms in total. The van der Waals surface area contributed by atoms with E-state index in [1.807, 2.05) is 11.0 Å². The van der Waals surface area contributed by atoms with Crippen molar-refractivity contribution < 1.29 is 18.5 Å². The number of nitrogens with one attached hydrogen (secondary N) is 1. The Balaban J connectivity index is 1.46. The summed E-state index contributed by atoms with van der Waals surface area (Å²) in [7, 11) is 0. The molecule has 0 aromatic carbocycles. The van der Waals surface area contributed by atoms with Crippen molar-refractivity contribution in [1.82, 2.24) is 25.3 Å². The Morgan fingerprint density at radius 1 is 1.21 bits per heavy atom. The first-order valence-corrected chi connectivity index (χ1v) is 10.3. The monoisotopic (exact) mass is 401 g/mol. The van der Waals surface area contributed by atoms with Crippen LogP contribution in [0.5, 0.6) is 0 Å². The molecule has 2 aromatic heterocycles. The molecule has 1 atom stereocenters. The van der Waals surface area contributed by atoms with Crippen LogP contribution in [0.1, 0.15) is 55.6 Å². The molecule has 0 radical (unpaired) electrons. The molecular formula is C20H27N5O4. The largest absolute Gasteiger partial charge is 0.467 e. The molecule has 3 heterocycles. The maximum Gasteiger partial charge on any atom is 0.317 e. The number of amides is 3. The van der Waals surface area contributed by atoms with Crippen LogP contribution in [0.2, 0.25) is 0 Å². The van der Waals surface area contributed by atoms with Gasteiger partial charge in [0, 0.05) is 25.6 Å². The fraction of sp³-hybridized carbons (Fsp3) is 0.600. The van der Waals surface area contributed by atoms with E-state index >= 15 is 0 Å². The number of carbonyl (C=O) groups is 2. The second-order valence-electron chi connectivity index (χ2n) is 7.72. The molecule has 156 valence electrons. The molecule has 1 N–H and O–H groups in total. The lowest BCUT2D eigenvalue weighted by Gasteiger charge is -2.29.